The first-order valence-electron chi connectivity index (χ1n) is 10.6. The normalized spacial score (nSPS) is 16.5. The van der Waals surface area contributed by atoms with Crippen molar-refractivity contribution >= 4 is 11.9 Å². The maximum Gasteiger partial charge on any atom is 0.243 e. The molecule has 30 heavy (non-hydrogen) atoms. The van der Waals surface area contributed by atoms with Crippen LogP contribution in [-0.2, 0) is 9.53 Å². The Hall–Kier alpha value is -2.86. The molecule has 1 saturated heterocycles. The zero-order valence-electron chi connectivity index (χ0n) is 17.9. The molecule has 1 aliphatic heterocycles. The van der Waals surface area contributed by atoms with Crippen LogP contribution in [0.15, 0.2) is 65.7 Å². The molecule has 0 aliphatic carbocycles. The van der Waals surface area contributed by atoms with Gasteiger partial charge in [0.1, 0.15) is 6.54 Å². The van der Waals surface area contributed by atoms with E-state index in [0.717, 1.165) is 19.4 Å². The summed E-state index contributed by atoms with van der Waals surface area (Å²) in [6.07, 6.45) is 2.34. The highest BCUT2D eigenvalue weighted by atomic mass is 16.5. The summed E-state index contributed by atoms with van der Waals surface area (Å²) in [5.74, 6) is 0.778. The molecule has 1 atom stereocenters. The number of carbonyl (C=O) groups excluding carboxylic acids is 1. The summed E-state index contributed by atoms with van der Waals surface area (Å²) in [4.78, 5) is 18.1. The van der Waals surface area contributed by atoms with Crippen LogP contribution in [0.1, 0.15) is 29.9 Å². The first-order chi connectivity index (χ1) is 14.6. The Morgan fingerprint density at radius 2 is 1.70 bits per heavy atom. The zero-order chi connectivity index (χ0) is 21.2. The lowest BCUT2D eigenvalue weighted by Crippen LogP contribution is -2.43. The molecule has 0 spiro atoms. The number of benzene rings is 2. The van der Waals surface area contributed by atoms with Crippen molar-refractivity contribution < 1.29 is 9.53 Å². The van der Waals surface area contributed by atoms with Crippen molar-refractivity contribution in [2.75, 3.05) is 40.3 Å². The maximum atomic E-state index is 12.0. The first-order valence-corrected chi connectivity index (χ1v) is 10.6. The van der Waals surface area contributed by atoms with Crippen LogP contribution in [0.4, 0.5) is 0 Å². The molecule has 1 heterocycles. The van der Waals surface area contributed by atoms with Gasteiger partial charge in [0.15, 0.2) is 5.96 Å². The predicted molar refractivity (Wildman–Crippen MR) is 121 cm³/mol. The molecule has 6 heteroatoms. The average Bonchev–Trinajstić information content (AvgIpc) is 3.30. The molecule has 160 valence electrons. The van der Waals surface area contributed by atoms with Crippen LogP contribution in [0.5, 0.6) is 0 Å². The Balaban J connectivity index is 1.71. The number of nitrogens with zero attached hydrogens (tertiary/aromatic N) is 2. The van der Waals surface area contributed by atoms with E-state index in [-0.39, 0.29) is 24.5 Å². The van der Waals surface area contributed by atoms with E-state index in [0.29, 0.717) is 19.0 Å². The third-order valence-corrected chi connectivity index (χ3v) is 5.27. The standard InChI is InChI=1S/C24H32N4O2/c1-28(2)23(29)18-27-24(25-16-21-14-9-15-30-21)26-17-22(19-10-5-3-6-11-19)20-12-7-4-8-13-20/h3-8,10-13,21-22H,9,14-18H2,1-2H3,(H2,25,26,27). The molecule has 0 saturated carbocycles. The highest BCUT2D eigenvalue weighted by molar-refractivity contribution is 5.84. The number of rotatable bonds is 8. The van der Waals surface area contributed by atoms with E-state index in [9.17, 15) is 4.79 Å². The molecule has 2 aromatic carbocycles. The van der Waals surface area contributed by atoms with Crippen LogP contribution in [0.3, 0.4) is 0 Å². The topological polar surface area (TPSA) is 66.0 Å². The van der Waals surface area contributed by atoms with Crippen molar-refractivity contribution in [1.29, 1.82) is 0 Å². The second-order valence-corrected chi connectivity index (χ2v) is 7.72. The minimum absolute atomic E-state index is 0.0316. The van der Waals surface area contributed by atoms with E-state index in [1.807, 2.05) is 12.1 Å². The Kier molecular flexibility index (Phi) is 8.27. The van der Waals surface area contributed by atoms with E-state index in [4.69, 9.17) is 4.74 Å². The molecule has 1 amide bonds. The van der Waals surface area contributed by atoms with Gasteiger partial charge >= 0.3 is 0 Å². The molecular weight excluding hydrogens is 376 g/mol. The quantitative estimate of drug-likeness (QED) is 0.521. The fourth-order valence-corrected chi connectivity index (χ4v) is 3.48. The van der Waals surface area contributed by atoms with Gasteiger partial charge in [0, 0.05) is 39.7 Å². The van der Waals surface area contributed by atoms with Gasteiger partial charge in [0.25, 0.3) is 0 Å². The van der Waals surface area contributed by atoms with E-state index < -0.39 is 0 Å². The third-order valence-electron chi connectivity index (χ3n) is 5.27. The van der Waals surface area contributed by atoms with Gasteiger partial charge in [-0.05, 0) is 24.0 Å². The number of hydrogen-bond acceptors (Lipinski definition) is 3. The van der Waals surface area contributed by atoms with Gasteiger partial charge < -0.3 is 20.3 Å². The summed E-state index contributed by atoms with van der Waals surface area (Å²) in [5, 5.41) is 6.81. The molecule has 2 aromatic rings. The lowest BCUT2D eigenvalue weighted by molar-refractivity contribution is -0.127. The van der Waals surface area contributed by atoms with Gasteiger partial charge in [-0.2, -0.15) is 0 Å². The minimum Gasteiger partial charge on any atom is -0.376 e. The predicted octanol–water partition coefficient (Wildman–Crippen LogP) is 2.62. The summed E-state index contributed by atoms with van der Waals surface area (Å²) in [5.41, 5.74) is 2.47. The molecule has 1 unspecified atom stereocenters. The molecule has 0 bridgehead atoms. The number of nitrogens with one attached hydrogen (secondary N) is 2. The summed E-state index contributed by atoms with van der Waals surface area (Å²) < 4.78 is 5.71. The van der Waals surface area contributed by atoms with Crippen LogP contribution in [0.25, 0.3) is 0 Å². The second kappa shape index (κ2) is 11.4. The Morgan fingerprint density at radius 1 is 1.07 bits per heavy atom. The number of guanidine groups is 1. The van der Waals surface area contributed by atoms with Crippen molar-refractivity contribution in [3.05, 3.63) is 71.8 Å². The van der Waals surface area contributed by atoms with Crippen molar-refractivity contribution in [2.45, 2.75) is 24.9 Å². The minimum atomic E-state index is -0.0316. The highest BCUT2D eigenvalue weighted by Gasteiger charge is 2.18. The fourth-order valence-electron chi connectivity index (χ4n) is 3.48. The molecule has 2 N–H and O–H groups in total. The van der Waals surface area contributed by atoms with Gasteiger partial charge in [-0.15, -0.1) is 0 Å². The molecule has 6 nitrogen and oxygen atoms in total. The Morgan fingerprint density at radius 3 is 2.23 bits per heavy atom. The van der Waals surface area contributed by atoms with Crippen LogP contribution < -0.4 is 10.6 Å². The zero-order valence-corrected chi connectivity index (χ0v) is 17.9. The lowest BCUT2D eigenvalue weighted by Gasteiger charge is -2.21. The highest BCUT2D eigenvalue weighted by Crippen LogP contribution is 2.23. The fraction of sp³-hybridized carbons (Fsp3) is 0.417. The third kappa shape index (κ3) is 6.59. The monoisotopic (exact) mass is 408 g/mol. The number of hydrogen-bond donors (Lipinski definition) is 2. The SMILES string of the molecule is CN(C)C(=O)CN=C(NCC1CCCO1)NCC(c1ccccc1)c1ccccc1. The van der Waals surface area contributed by atoms with E-state index in [1.54, 1.807) is 19.0 Å². The van der Waals surface area contributed by atoms with Crippen molar-refractivity contribution in [2.24, 2.45) is 4.99 Å². The van der Waals surface area contributed by atoms with E-state index in [1.165, 1.54) is 11.1 Å². The Labute approximate surface area is 179 Å². The molecule has 0 aromatic heterocycles. The Bertz CT molecular complexity index is 763. The number of aliphatic imine (C=N–C) groups is 1. The summed E-state index contributed by atoms with van der Waals surface area (Å²) in [6.45, 7) is 2.27. The lowest BCUT2D eigenvalue weighted by atomic mass is 9.91. The maximum absolute atomic E-state index is 12.0. The largest absolute Gasteiger partial charge is 0.376 e. The molecule has 0 radical (unpaired) electrons. The first kappa shape index (κ1) is 21.8. The number of likely N-dealkylation sites (N-methyl/N-ethyl adjacent to an activating group) is 1. The summed E-state index contributed by atoms with van der Waals surface area (Å²) in [7, 11) is 3.48. The summed E-state index contributed by atoms with van der Waals surface area (Å²) >= 11 is 0. The van der Waals surface area contributed by atoms with E-state index in [2.05, 4.69) is 64.2 Å². The van der Waals surface area contributed by atoms with Crippen molar-refractivity contribution in [3.63, 3.8) is 0 Å². The van der Waals surface area contributed by atoms with Crippen LogP contribution in [0.2, 0.25) is 0 Å². The smallest absolute Gasteiger partial charge is 0.243 e. The van der Waals surface area contributed by atoms with Gasteiger partial charge in [-0.3, -0.25) is 4.79 Å². The molecular formula is C24H32N4O2. The van der Waals surface area contributed by atoms with Crippen LogP contribution in [0, 0.1) is 0 Å². The summed E-state index contributed by atoms with van der Waals surface area (Å²) in [6, 6.07) is 20.9. The van der Waals surface area contributed by atoms with E-state index >= 15 is 0 Å². The van der Waals surface area contributed by atoms with Crippen LogP contribution in [-0.4, -0.2) is 63.2 Å². The van der Waals surface area contributed by atoms with Gasteiger partial charge in [0.05, 0.1) is 6.10 Å². The second-order valence-electron chi connectivity index (χ2n) is 7.72. The number of carbonyl (C=O) groups is 1. The number of amides is 1. The van der Waals surface area contributed by atoms with Gasteiger partial charge in [-0.25, -0.2) is 4.99 Å². The van der Waals surface area contributed by atoms with Gasteiger partial charge in [0.2, 0.25) is 5.91 Å². The van der Waals surface area contributed by atoms with Crippen molar-refractivity contribution in [1.82, 2.24) is 15.5 Å². The molecule has 1 fully saturated rings. The van der Waals surface area contributed by atoms with Crippen molar-refractivity contribution in [3.8, 4) is 0 Å². The average molecular weight is 409 g/mol. The van der Waals surface area contributed by atoms with Gasteiger partial charge in [-0.1, -0.05) is 60.7 Å². The van der Waals surface area contributed by atoms with Crippen LogP contribution >= 0.6 is 0 Å². The molecule has 3 rings (SSSR count). The number of ether oxygens (including phenoxy) is 1. The molecule has 1 aliphatic rings.